The van der Waals surface area contributed by atoms with Crippen LogP contribution in [0.1, 0.15) is 41.0 Å². The molecule has 0 spiro atoms. The molecule has 3 heteroatoms. The lowest BCUT2D eigenvalue weighted by Crippen LogP contribution is -2.45. The Balaban J connectivity index is 4.53. The minimum absolute atomic E-state index is 0.238. The van der Waals surface area contributed by atoms with Gasteiger partial charge >= 0.3 is 0 Å². The first-order valence-corrected chi connectivity index (χ1v) is 5.58. The quantitative estimate of drug-likeness (QED) is 0.569. The molecule has 0 aliphatic heterocycles. The van der Waals surface area contributed by atoms with Crippen LogP contribution in [0.3, 0.4) is 0 Å². The van der Waals surface area contributed by atoms with Gasteiger partial charge in [0.05, 0.1) is 0 Å². The summed E-state index contributed by atoms with van der Waals surface area (Å²) < 4.78 is 16.9. The smallest absolute Gasteiger partial charge is 0.285 e. The first kappa shape index (κ1) is 13.9. The maximum atomic E-state index is 5.62. The first-order chi connectivity index (χ1) is 6.66. The molecule has 0 amide bonds. The second-order valence-corrected chi connectivity index (χ2v) is 3.21. The molecule has 1 atom stereocenters. The topological polar surface area (TPSA) is 27.7 Å². The number of rotatable bonds is 8. The van der Waals surface area contributed by atoms with Crippen LogP contribution in [0.25, 0.3) is 0 Å². The maximum absolute atomic E-state index is 5.62. The van der Waals surface area contributed by atoms with Crippen molar-refractivity contribution in [2.75, 3.05) is 19.8 Å². The van der Waals surface area contributed by atoms with Gasteiger partial charge in [0.1, 0.15) is 0 Å². The normalized spacial score (nSPS) is 14.4. The third kappa shape index (κ3) is 3.56. The van der Waals surface area contributed by atoms with Gasteiger partial charge in [-0.25, -0.2) is 0 Å². The van der Waals surface area contributed by atoms with Gasteiger partial charge in [0.25, 0.3) is 5.97 Å². The predicted molar refractivity (Wildman–Crippen MR) is 57.1 cm³/mol. The van der Waals surface area contributed by atoms with Gasteiger partial charge in [-0.1, -0.05) is 13.8 Å². The van der Waals surface area contributed by atoms with Crippen LogP contribution in [0.2, 0.25) is 0 Å². The van der Waals surface area contributed by atoms with Crippen molar-refractivity contribution in [3.05, 3.63) is 0 Å². The van der Waals surface area contributed by atoms with E-state index in [9.17, 15) is 0 Å². The molecule has 14 heavy (non-hydrogen) atoms. The third-order valence-corrected chi connectivity index (χ3v) is 2.25. The molecule has 3 nitrogen and oxygen atoms in total. The minimum Gasteiger partial charge on any atom is -0.328 e. The van der Waals surface area contributed by atoms with Gasteiger partial charge < -0.3 is 14.2 Å². The molecule has 0 aliphatic rings. The van der Waals surface area contributed by atoms with E-state index < -0.39 is 5.97 Å². The van der Waals surface area contributed by atoms with E-state index in [1.807, 2.05) is 20.8 Å². The van der Waals surface area contributed by atoms with Crippen LogP contribution in [0.5, 0.6) is 0 Å². The predicted octanol–water partition coefficient (Wildman–Crippen LogP) is 2.80. The molecule has 0 radical (unpaired) electrons. The zero-order valence-corrected chi connectivity index (χ0v) is 10.1. The van der Waals surface area contributed by atoms with Gasteiger partial charge in [0.2, 0.25) is 0 Å². The largest absolute Gasteiger partial charge is 0.328 e. The second-order valence-electron chi connectivity index (χ2n) is 3.21. The van der Waals surface area contributed by atoms with Crippen molar-refractivity contribution in [2.45, 2.75) is 47.0 Å². The van der Waals surface area contributed by atoms with Gasteiger partial charge in [0, 0.05) is 25.7 Å². The highest BCUT2D eigenvalue weighted by molar-refractivity contribution is 4.65. The lowest BCUT2D eigenvalue weighted by atomic mass is 10.1. The Hall–Kier alpha value is -0.120. The number of hydrogen-bond acceptors (Lipinski definition) is 3. The summed E-state index contributed by atoms with van der Waals surface area (Å²) in [7, 11) is 0. The summed E-state index contributed by atoms with van der Waals surface area (Å²) in [5.74, 6) is -0.602. The Bertz CT molecular complexity index is 119. The van der Waals surface area contributed by atoms with Crippen molar-refractivity contribution in [3.63, 3.8) is 0 Å². The van der Waals surface area contributed by atoms with Crippen molar-refractivity contribution in [2.24, 2.45) is 5.92 Å². The molecule has 0 bridgehead atoms. The highest BCUT2D eigenvalue weighted by Gasteiger charge is 2.38. The van der Waals surface area contributed by atoms with E-state index in [0.717, 1.165) is 6.42 Å². The zero-order valence-electron chi connectivity index (χ0n) is 10.1. The Morgan fingerprint density at radius 1 is 0.857 bits per heavy atom. The van der Waals surface area contributed by atoms with Crippen LogP contribution in [0.15, 0.2) is 0 Å². The fourth-order valence-corrected chi connectivity index (χ4v) is 1.41. The van der Waals surface area contributed by atoms with Gasteiger partial charge in [-0.3, -0.25) is 0 Å². The van der Waals surface area contributed by atoms with Crippen molar-refractivity contribution >= 4 is 0 Å². The Morgan fingerprint density at radius 2 is 1.21 bits per heavy atom. The molecule has 0 aromatic carbocycles. The lowest BCUT2D eigenvalue weighted by Gasteiger charge is -2.36. The summed E-state index contributed by atoms with van der Waals surface area (Å²) in [4.78, 5) is 0. The molecule has 0 rings (SSSR count). The van der Waals surface area contributed by atoms with E-state index in [-0.39, 0.29) is 5.92 Å². The zero-order chi connectivity index (χ0) is 11.0. The van der Waals surface area contributed by atoms with Crippen molar-refractivity contribution < 1.29 is 14.2 Å². The van der Waals surface area contributed by atoms with Crippen LogP contribution in [0.4, 0.5) is 0 Å². The molecule has 86 valence electrons. The highest BCUT2D eigenvalue weighted by Crippen LogP contribution is 2.27. The molecule has 0 fully saturated rings. The van der Waals surface area contributed by atoms with Crippen LogP contribution in [-0.4, -0.2) is 25.8 Å². The van der Waals surface area contributed by atoms with E-state index >= 15 is 0 Å². The molecular formula is C11H24O3. The van der Waals surface area contributed by atoms with E-state index in [1.165, 1.54) is 0 Å². The average molecular weight is 204 g/mol. The molecule has 0 saturated heterocycles. The van der Waals surface area contributed by atoms with E-state index in [0.29, 0.717) is 19.8 Å². The lowest BCUT2D eigenvalue weighted by molar-refractivity contribution is -0.399. The van der Waals surface area contributed by atoms with Gasteiger partial charge in [-0.15, -0.1) is 0 Å². The number of ether oxygens (including phenoxy) is 3. The molecule has 0 N–H and O–H groups in total. The minimum atomic E-state index is -0.840. The van der Waals surface area contributed by atoms with Crippen molar-refractivity contribution in [1.29, 1.82) is 0 Å². The van der Waals surface area contributed by atoms with E-state index in [2.05, 4.69) is 13.8 Å². The molecule has 0 aliphatic carbocycles. The third-order valence-electron chi connectivity index (χ3n) is 2.25. The van der Waals surface area contributed by atoms with Gasteiger partial charge in [-0.05, 0) is 27.2 Å². The van der Waals surface area contributed by atoms with E-state index in [4.69, 9.17) is 14.2 Å². The number of hydrogen-bond donors (Lipinski definition) is 0. The summed E-state index contributed by atoms with van der Waals surface area (Å²) in [6.45, 7) is 11.9. The molecular weight excluding hydrogens is 180 g/mol. The maximum Gasteiger partial charge on any atom is 0.285 e. The molecule has 1 unspecified atom stereocenters. The summed E-state index contributed by atoms with van der Waals surface area (Å²) >= 11 is 0. The fraction of sp³-hybridized carbons (Fsp3) is 1.00. The fourth-order valence-electron chi connectivity index (χ4n) is 1.41. The van der Waals surface area contributed by atoms with Crippen molar-refractivity contribution in [1.82, 2.24) is 0 Å². The van der Waals surface area contributed by atoms with Gasteiger partial charge in [-0.2, -0.15) is 0 Å². The molecule has 0 aromatic rings. The van der Waals surface area contributed by atoms with Crippen LogP contribution in [0, 0.1) is 5.92 Å². The molecule has 0 saturated carbocycles. The second kappa shape index (κ2) is 7.21. The summed E-state index contributed by atoms with van der Waals surface area (Å²) in [6, 6.07) is 0. The monoisotopic (exact) mass is 204 g/mol. The first-order valence-electron chi connectivity index (χ1n) is 5.58. The SMILES string of the molecule is CCOC(OCC)(OCC)C(C)CC. The summed E-state index contributed by atoms with van der Waals surface area (Å²) in [6.07, 6.45) is 0.972. The molecule has 0 aromatic heterocycles. The molecule has 0 heterocycles. The Kier molecular flexibility index (Phi) is 7.15. The standard InChI is InChI=1S/C11H24O3/c1-6-10(5)11(12-7-2,13-8-3)14-9-4/h10H,6-9H2,1-5H3. The van der Waals surface area contributed by atoms with Crippen LogP contribution < -0.4 is 0 Å². The summed E-state index contributed by atoms with van der Waals surface area (Å²) in [5, 5.41) is 0. The van der Waals surface area contributed by atoms with Crippen LogP contribution in [-0.2, 0) is 14.2 Å². The highest BCUT2D eigenvalue weighted by atomic mass is 16.9. The summed E-state index contributed by atoms with van der Waals surface area (Å²) in [5.41, 5.74) is 0. The Labute approximate surface area is 87.7 Å². The van der Waals surface area contributed by atoms with Crippen LogP contribution >= 0.6 is 0 Å². The van der Waals surface area contributed by atoms with E-state index in [1.54, 1.807) is 0 Å². The Morgan fingerprint density at radius 3 is 1.43 bits per heavy atom. The van der Waals surface area contributed by atoms with Gasteiger partial charge in [0.15, 0.2) is 0 Å². The average Bonchev–Trinajstić information content (AvgIpc) is 2.17. The van der Waals surface area contributed by atoms with Crippen molar-refractivity contribution in [3.8, 4) is 0 Å².